The third-order valence-corrected chi connectivity index (χ3v) is 4.49. The first-order valence-corrected chi connectivity index (χ1v) is 7.44. The van der Waals surface area contributed by atoms with E-state index in [1.807, 2.05) is 6.92 Å². The molecule has 1 aromatic rings. The Labute approximate surface area is 136 Å². The molecule has 0 aliphatic heterocycles. The highest BCUT2D eigenvalue weighted by Crippen LogP contribution is 2.32. The lowest BCUT2D eigenvalue weighted by molar-refractivity contribution is 0.0937. The van der Waals surface area contributed by atoms with Crippen LogP contribution >= 0.6 is 36.2 Å². The van der Waals surface area contributed by atoms with E-state index in [9.17, 15) is 4.79 Å². The largest absolute Gasteiger partial charge is 0.347 e. The summed E-state index contributed by atoms with van der Waals surface area (Å²) < 4.78 is 0. The van der Waals surface area contributed by atoms with Crippen LogP contribution < -0.4 is 11.1 Å². The van der Waals surface area contributed by atoms with E-state index in [2.05, 4.69) is 17.2 Å². The predicted octanol–water partition coefficient (Wildman–Crippen LogP) is 2.71. The summed E-state index contributed by atoms with van der Waals surface area (Å²) >= 11 is 1.51. The zero-order valence-corrected chi connectivity index (χ0v) is 14.3. The molecule has 1 aliphatic rings. The first-order valence-electron chi connectivity index (χ1n) is 6.63. The number of hydrogen-bond acceptors (Lipinski definition) is 4. The number of nitrogens with one attached hydrogen (secondary N) is 1. The number of aryl methyl sites for hydroxylation is 2. The summed E-state index contributed by atoms with van der Waals surface area (Å²) in [5.74, 6) is 0.581. The average Bonchev–Trinajstić information content (AvgIpc) is 3.11. The van der Waals surface area contributed by atoms with Crippen molar-refractivity contribution >= 4 is 42.1 Å². The predicted molar refractivity (Wildman–Crippen MR) is 88.4 cm³/mol. The van der Waals surface area contributed by atoms with Gasteiger partial charge in [0, 0.05) is 12.6 Å². The molecule has 1 amide bonds. The molecule has 1 heterocycles. The van der Waals surface area contributed by atoms with Crippen molar-refractivity contribution < 1.29 is 4.79 Å². The molecule has 3 N–H and O–H groups in total. The van der Waals surface area contributed by atoms with Crippen LogP contribution in [0.1, 0.15) is 46.6 Å². The molecule has 1 saturated carbocycles. The highest BCUT2D eigenvalue weighted by molar-refractivity contribution is 7.13. The smallest absolute Gasteiger partial charge is 0.263 e. The summed E-state index contributed by atoms with van der Waals surface area (Å²) in [4.78, 5) is 17.4. The molecule has 0 spiro atoms. The van der Waals surface area contributed by atoms with Crippen LogP contribution in [0.2, 0.25) is 0 Å². The first-order chi connectivity index (χ1) is 8.65. The Morgan fingerprint density at radius 2 is 2.15 bits per heavy atom. The number of amides is 1. The van der Waals surface area contributed by atoms with Gasteiger partial charge in [0.2, 0.25) is 0 Å². The van der Waals surface area contributed by atoms with Crippen LogP contribution in [-0.4, -0.2) is 23.5 Å². The topological polar surface area (TPSA) is 68.0 Å². The van der Waals surface area contributed by atoms with Crippen molar-refractivity contribution in [2.24, 2.45) is 11.7 Å². The molecular weight excluding hydrogens is 317 g/mol. The van der Waals surface area contributed by atoms with Crippen LogP contribution in [0.25, 0.3) is 0 Å². The fraction of sp³-hybridized carbons (Fsp3) is 0.692. The second kappa shape index (κ2) is 8.82. The fourth-order valence-corrected chi connectivity index (χ4v) is 3.15. The van der Waals surface area contributed by atoms with Crippen LogP contribution in [0.4, 0.5) is 0 Å². The normalized spacial score (nSPS) is 14.9. The van der Waals surface area contributed by atoms with Crippen molar-refractivity contribution in [3.05, 3.63) is 15.6 Å². The van der Waals surface area contributed by atoms with Crippen LogP contribution in [0.15, 0.2) is 0 Å². The maximum atomic E-state index is 12.2. The van der Waals surface area contributed by atoms with E-state index in [-0.39, 0.29) is 36.8 Å². The quantitative estimate of drug-likeness (QED) is 0.837. The number of nitrogens with zero attached hydrogens (tertiary/aromatic N) is 1. The van der Waals surface area contributed by atoms with Crippen molar-refractivity contribution in [3.63, 3.8) is 0 Å². The monoisotopic (exact) mass is 339 g/mol. The zero-order valence-electron chi connectivity index (χ0n) is 11.8. The first kappa shape index (κ1) is 19.6. The summed E-state index contributed by atoms with van der Waals surface area (Å²) in [5.41, 5.74) is 6.54. The van der Waals surface area contributed by atoms with Crippen molar-refractivity contribution in [1.82, 2.24) is 10.3 Å². The van der Waals surface area contributed by atoms with Crippen LogP contribution in [0.5, 0.6) is 0 Å². The summed E-state index contributed by atoms with van der Waals surface area (Å²) in [6.45, 7) is 4.54. The Kier molecular flexibility index (Phi) is 8.66. The minimum atomic E-state index is -0.00490. The van der Waals surface area contributed by atoms with Crippen molar-refractivity contribution in [2.75, 3.05) is 6.54 Å². The lowest BCUT2D eigenvalue weighted by atomic mass is 10.2. The molecule has 2 rings (SSSR count). The number of carbonyl (C=O) groups is 1. The van der Waals surface area contributed by atoms with Crippen molar-refractivity contribution in [3.8, 4) is 0 Å². The van der Waals surface area contributed by atoms with Gasteiger partial charge >= 0.3 is 0 Å². The van der Waals surface area contributed by atoms with Gasteiger partial charge in [-0.25, -0.2) is 4.98 Å². The highest BCUT2D eigenvalue weighted by atomic mass is 35.5. The Hall–Kier alpha value is -0.360. The highest BCUT2D eigenvalue weighted by Gasteiger charge is 2.32. The van der Waals surface area contributed by atoms with E-state index in [0.717, 1.165) is 28.4 Å². The molecule has 0 bridgehead atoms. The van der Waals surface area contributed by atoms with Gasteiger partial charge < -0.3 is 11.1 Å². The van der Waals surface area contributed by atoms with Gasteiger partial charge in [-0.15, -0.1) is 36.2 Å². The standard InChI is InChI=1S/C13H21N3OS.2ClH/c1-3-4-11-15-8(2)12(18-11)13(17)16-10(7-14)9-5-6-9;;/h9-10H,3-7,14H2,1-2H3,(H,16,17);2*1H. The van der Waals surface area contributed by atoms with Gasteiger partial charge in [-0.1, -0.05) is 6.92 Å². The molecule has 1 atom stereocenters. The molecule has 1 unspecified atom stereocenters. The Bertz CT molecular complexity index is 435. The summed E-state index contributed by atoms with van der Waals surface area (Å²) in [6.07, 6.45) is 4.37. The van der Waals surface area contributed by atoms with Crippen LogP contribution in [-0.2, 0) is 6.42 Å². The molecule has 1 fully saturated rings. The molecule has 4 nitrogen and oxygen atoms in total. The molecule has 1 aliphatic carbocycles. The number of nitrogens with two attached hydrogens (primary N) is 1. The molecular formula is C13H23Cl2N3OS. The molecule has 7 heteroatoms. The molecule has 0 saturated heterocycles. The van der Waals surface area contributed by atoms with Gasteiger partial charge in [0.15, 0.2) is 0 Å². The third kappa shape index (κ3) is 4.88. The lowest BCUT2D eigenvalue weighted by Crippen LogP contribution is -2.41. The van der Waals surface area contributed by atoms with E-state index in [1.165, 1.54) is 24.2 Å². The van der Waals surface area contributed by atoms with E-state index in [0.29, 0.717) is 12.5 Å². The van der Waals surface area contributed by atoms with Gasteiger partial charge in [0.05, 0.1) is 10.7 Å². The Balaban J connectivity index is 0.00000180. The van der Waals surface area contributed by atoms with E-state index < -0.39 is 0 Å². The summed E-state index contributed by atoms with van der Waals surface area (Å²) in [7, 11) is 0. The average molecular weight is 340 g/mol. The maximum Gasteiger partial charge on any atom is 0.263 e. The van der Waals surface area contributed by atoms with Gasteiger partial charge in [-0.05, 0) is 38.5 Å². The van der Waals surface area contributed by atoms with Crippen molar-refractivity contribution in [2.45, 2.75) is 45.6 Å². The fourth-order valence-electron chi connectivity index (χ4n) is 2.09. The van der Waals surface area contributed by atoms with Gasteiger partial charge in [0.25, 0.3) is 5.91 Å². The third-order valence-electron chi connectivity index (χ3n) is 3.27. The summed E-state index contributed by atoms with van der Waals surface area (Å²) in [5, 5.41) is 4.10. The maximum absolute atomic E-state index is 12.2. The summed E-state index contributed by atoms with van der Waals surface area (Å²) in [6, 6.07) is 0.133. The van der Waals surface area contributed by atoms with E-state index in [1.54, 1.807) is 0 Å². The minimum Gasteiger partial charge on any atom is -0.347 e. The molecule has 20 heavy (non-hydrogen) atoms. The number of rotatable bonds is 6. The number of aromatic nitrogens is 1. The number of thiazole rings is 1. The molecule has 116 valence electrons. The SMILES string of the molecule is CCCc1nc(C)c(C(=O)NC(CN)C2CC2)s1.Cl.Cl. The van der Waals surface area contributed by atoms with Gasteiger partial charge in [-0.2, -0.15) is 0 Å². The number of hydrogen-bond donors (Lipinski definition) is 2. The van der Waals surface area contributed by atoms with Crippen LogP contribution in [0, 0.1) is 12.8 Å². The lowest BCUT2D eigenvalue weighted by Gasteiger charge is -2.15. The second-order valence-corrected chi connectivity index (χ2v) is 6.01. The second-order valence-electron chi connectivity index (χ2n) is 4.93. The Morgan fingerprint density at radius 1 is 1.50 bits per heavy atom. The van der Waals surface area contributed by atoms with Gasteiger partial charge in [-0.3, -0.25) is 4.79 Å². The zero-order chi connectivity index (χ0) is 13.1. The molecule has 1 aromatic heterocycles. The van der Waals surface area contributed by atoms with E-state index in [4.69, 9.17) is 5.73 Å². The van der Waals surface area contributed by atoms with Crippen molar-refractivity contribution in [1.29, 1.82) is 0 Å². The molecule has 0 aromatic carbocycles. The van der Waals surface area contributed by atoms with Crippen LogP contribution in [0.3, 0.4) is 0 Å². The van der Waals surface area contributed by atoms with E-state index >= 15 is 0 Å². The molecule has 0 radical (unpaired) electrons. The minimum absolute atomic E-state index is 0. The number of carbonyl (C=O) groups excluding carboxylic acids is 1. The van der Waals surface area contributed by atoms with Gasteiger partial charge in [0.1, 0.15) is 4.88 Å². The number of halogens is 2. The Morgan fingerprint density at radius 3 is 2.65 bits per heavy atom.